The van der Waals surface area contributed by atoms with Crippen LogP contribution in [0, 0.1) is 24.5 Å². The fraction of sp³-hybridized carbons (Fsp3) is 0.407. The number of aromatic nitrogens is 1. The monoisotopic (exact) mass is 465 g/mol. The maximum Gasteiger partial charge on any atom is 0.261 e. The summed E-state index contributed by atoms with van der Waals surface area (Å²) in [5.74, 6) is -1.15. The molecule has 0 bridgehead atoms. The molecular weight excluding hydrogens is 436 g/mol. The zero-order valence-corrected chi connectivity index (χ0v) is 19.2. The summed E-state index contributed by atoms with van der Waals surface area (Å²) in [5, 5.41) is 6.72. The van der Waals surface area contributed by atoms with Crippen LogP contribution in [0.25, 0.3) is 10.8 Å². The number of fused-ring (bicyclic) bond motifs is 1. The molecule has 2 aliphatic rings. The summed E-state index contributed by atoms with van der Waals surface area (Å²) in [6.07, 6.45) is 4.90. The summed E-state index contributed by atoms with van der Waals surface area (Å²) in [6, 6.07) is 10.5. The molecule has 3 aromatic rings. The largest absolute Gasteiger partial charge is 0.345 e. The molecule has 7 heteroatoms. The third-order valence-electron chi connectivity index (χ3n) is 7.42. The Kier molecular flexibility index (Phi) is 6.21. The summed E-state index contributed by atoms with van der Waals surface area (Å²) < 4.78 is 30.4. The van der Waals surface area contributed by atoms with Gasteiger partial charge in [0.05, 0.1) is 17.0 Å². The van der Waals surface area contributed by atoms with E-state index in [1.165, 1.54) is 28.8 Å². The van der Waals surface area contributed by atoms with Crippen LogP contribution in [0.15, 0.2) is 47.3 Å². The molecular formula is C27H29F2N3O2. The van der Waals surface area contributed by atoms with E-state index in [-0.39, 0.29) is 35.1 Å². The molecule has 1 aliphatic heterocycles. The van der Waals surface area contributed by atoms with Gasteiger partial charge < -0.3 is 15.2 Å². The number of hydrogen-bond acceptors (Lipinski definition) is 3. The molecule has 2 atom stereocenters. The van der Waals surface area contributed by atoms with Gasteiger partial charge in [-0.25, -0.2) is 8.78 Å². The number of nitrogens with zero attached hydrogens (tertiary/aromatic N) is 1. The van der Waals surface area contributed by atoms with Crippen molar-refractivity contribution in [3.63, 3.8) is 0 Å². The van der Waals surface area contributed by atoms with E-state index < -0.39 is 11.4 Å². The normalized spacial score (nSPS) is 19.2. The number of benzene rings is 2. The fourth-order valence-electron chi connectivity index (χ4n) is 5.37. The van der Waals surface area contributed by atoms with Gasteiger partial charge in [0.25, 0.3) is 11.5 Å². The van der Waals surface area contributed by atoms with E-state index in [4.69, 9.17) is 0 Å². The van der Waals surface area contributed by atoms with E-state index in [2.05, 4.69) is 10.6 Å². The van der Waals surface area contributed by atoms with E-state index in [0.717, 1.165) is 44.2 Å². The quantitative estimate of drug-likeness (QED) is 0.559. The maximum atomic E-state index is 14.9. The fourth-order valence-corrected chi connectivity index (χ4v) is 5.37. The van der Waals surface area contributed by atoms with Crippen LogP contribution in [-0.4, -0.2) is 23.1 Å². The Hall–Kier alpha value is -3.06. The standard InChI is InChI=1S/C27H29F2N3O2/c1-16-23(26(33)31-25(17-6-2-7-17)18-8-3-9-19(28)14-18)21-11-4-12-22(29)24(21)27(34)32(16)15-20-10-5-13-30-20/h3-4,8-9,11-12,14,17,20,25,30H,2,5-7,10,13,15H2,1H3,(H,31,33)/t20-,25+/m1/s1. The van der Waals surface area contributed by atoms with Gasteiger partial charge in [-0.2, -0.15) is 0 Å². The van der Waals surface area contributed by atoms with Gasteiger partial charge in [0, 0.05) is 23.7 Å². The van der Waals surface area contributed by atoms with E-state index >= 15 is 0 Å². The van der Waals surface area contributed by atoms with Crippen molar-refractivity contribution < 1.29 is 13.6 Å². The first-order valence-corrected chi connectivity index (χ1v) is 12.1. The van der Waals surface area contributed by atoms with Crippen LogP contribution in [0.5, 0.6) is 0 Å². The lowest BCUT2D eigenvalue weighted by atomic mass is 9.77. The van der Waals surface area contributed by atoms with E-state index in [1.807, 2.05) is 6.07 Å². The zero-order valence-electron chi connectivity index (χ0n) is 19.2. The van der Waals surface area contributed by atoms with Crippen molar-refractivity contribution in [2.75, 3.05) is 6.54 Å². The first-order chi connectivity index (χ1) is 16.4. The Labute approximate surface area is 197 Å². The third-order valence-corrected chi connectivity index (χ3v) is 7.42. The number of nitrogens with one attached hydrogen (secondary N) is 2. The summed E-state index contributed by atoms with van der Waals surface area (Å²) in [5.41, 5.74) is 1.11. The van der Waals surface area contributed by atoms with E-state index in [0.29, 0.717) is 23.2 Å². The van der Waals surface area contributed by atoms with Crippen LogP contribution < -0.4 is 16.2 Å². The lowest BCUT2D eigenvalue weighted by Crippen LogP contribution is -2.39. The number of amides is 1. The second-order valence-electron chi connectivity index (χ2n) is 9.53. The molecule has 0 unspecified atom stereocenters. The number of carbonyl (C=O) groups excluding carboxylic acids is 1. The van der Waals surface area contributed by atoms with Crippen molar-refractivity contribution in [2.45, 2.75) is 57.7 Å². The molecule has 1 aromatic heterocycles. The Bertz CT molecular complexity index is 1290. The van der Waals surface area contributed by atoms with Gasteiger partial charge in [0.1, 0.15) is 11.6 Å². The first-order valence-electron chi connectivity index (χ1n) is 12.1. The molecule has 2 N–H and O–H groups in total. The molecule has 178 valence electrons. The highest BCUT2D eigenvalue weighted by Gasteiger charge is 2.32. The van der Waals surface area contributed by atoms with Crippen LogP contribution in [0.2, 0.25) is 0 Å². The molecule has 34 heavy (non-hydrogen) atoms. The average Bonchev–Trinajstić information content (AvgIpc) is 3.28. The second-order valence-corrected chi connectivity index (χ2v) is 9.53. The lowest BCUT2D eigenvalue weighted by Gasteiger charge is -2.35. The molecule has 2 fully saturated rings. The highest BCUT2D eigenvalue weighted by Crippen LogP contribution is 2.38. The average molecular weight is 466 g/mol. The SMILES string of the molecule is Cc1c(C(=O)N[C@H](c2cccc(F)c2)C2CCC2)c2cccc(F)c2c(=O)n1C[C@H]1CCCN1. The summed E-state index contributed by atoms with van der Waals surface area (Å²) >= 11 is 0. The Morgan fingerprint density at radius 2 is 1.94 bits per heavy atom. The van der Waals surface area contributed by atoms with Gasteiger partial charge in [0.2, 0.25) is 0 Å². The predicted octanol–water partition coefficient (Wildman–Crippen LogP) is 4.61. The Balaban J connectivity index is 1.59. The minimum Gasteiger partial charge on any atom is -0.345 e. The van der Waals surface area contributed by atoms with Gasteiger partial charge in [0.15, 0.2) is 0 Å². The topological polar surface area (TPSA) is 63.1 Å². The van der Waals surface area contributed by atoms with Crippen LogP contribution in [-0.2, 0) is 6.54 Å². The summed E-state index contributed by atoms with van der Waals surface area (Å²) in [6.45, 7) is 3.01. The lowest BCUT2D eigenvalue weighted by molar-refractivity contribution is 0.0900. The summed E-state index contributed by atoms with van der Waals surface area (Å²) in [4.78, 5) is 27.0. The molecule has 5 nitrogen and oxygen atoms in total. The molecule has 5 rings (SSSR count). The van der Waals surface area contributed by atoms with E-state index in [1.54, 1.807) is 19.1 Å². The number of carbonyl (C=O) groups is 1. The van der Waals surface area contributed by atoms with Crippen LogP contribution in [0.3, 0.4) is 0 Å². The van der Waals surface area contributed by atoms with Crippen molar-refractivity contribution in [1.82, 2.24) is 15.2 Å². The number of halogens is 2. The minimum atomic E-state index is -0.634. The van der Waals surface area contributed by atoms with Gasteiger partial charge >= 0.3 is 0 Å². The Morgan fingerprint density at radius 3 is 2.62 bits per heavy atom. The first kappa shape index (κ1) is 22.7. The van der Waals surface area contributed by atoms with Crippen LogP contribution in [0.4, 0.5) is 8.78 Å². The van der Waals surface area contributed by atoms with Crippen molar-refractivity contribution in [3.05, 3.63) is 81.3 Å². The summed E-state index contributed by atoms with van der Waals surface area (Å²) in [7, 11) is 0. The number of pyridine rings is 1. The minimum absolute atomic E-state index is 0.0674. The molecule has 1 saturated heterocycles. The molecule has 2 aromatic carbocycles. The third kappa shape index (κ3) is 4.13. The van der Waals surface area contributed by atoms with Crippen molar-refractivity contribution in [2.24, 2.45) is 5.92 Å². The molecule has 0 radical (unpaired) electrons. The molecule has 1 amide bonds. The smallest absolute Gasteiger partial charge is 0.261 e. The van der Waals surface area contributed by atoms with Crippen LogP contribution >= 0.6 is 0 Å². The molecule has 0 spiro atoms. The molecule has 1 aliphatic carbocycles. The highest BCUT2D eigenvalue weighted by molar-refractivity contribution is 6.08. The zero-order chi connectivity index (χ0) is 23.8. The number of rotatable bonds is 6. The van der Waals surface area contributed by atoms with Crippen molar-refractivity contribution >= 4 is 16.7 Å². The van der Waals surface area contributed by atoms with Gasteiger partial charge in [-0.15, -0.1) is 0 Å². The maximum absolute atomic E-state index is 14.9. The van der Waals surface area contributed by atoms with Crippen molar-refractivity contribution in [1.29, 1.82) is 0 Å². The van der Waals surface area contributed by atoms with E-state index in [9.17, 15) is 18.4 Å². The predicted molar refractivity (Wildman–Crippen MR) is 128 cm³/mol. The van der Waals surface area contributed by atoms with Gasteiger partial charge in [-0.3, -0.25) is 9.59 Å². The van der Waals surface area contributed by atoms with Gasteiger partial charge in [-0.05, 0) is 68.8 Å². The number of hydrogen-bond donors (Lipinski definition) is 2. The molecule has 1 saturated carbocycles. The van der Waals surface area contributed by atoms with Gasteiger partial charge in [-0.1, -0.05) is 30.7 Å². The Morgan fingerprint density at radius 1 is 1.15 bits per heavy atom. The second kappa shape index (κ2) is 9.29. The van der Waals surface area contributed by atoms with Crippen molar-refractivity contribution in [3.8, 4) is 0 Å². The highest BCUT2D eigenvalue weighted by atomic mass is 19.1. The molecule has 2 heterocycles. The van der Waals surface area contributed by atoms with Crippen LogP contribution in [0.1, 0.15) is 59.8 Å².